The summed E-state index contributed by atoms with van der Waals surface area (Å²) in [4.78, 5) is 2.52. The second-order valence-corrected chi connectivity index (χ2v) is 5.07. The molecule has 0 radical (unpaired) electrons. The van der Waals surface area contributed by atoms with E-state index in [1.54, 1.807) is 5.20 Å². The van der Waals surface area contributed by atoms with Crippen molar-refractivity contribution in [2.75, 3.05) is 13.1 Å². The quantitative estimate of drug-likeness (QED) is 0.590. The van der Waals surface area contributed by atoms with E-state index >= 15 is 0 Å². The highest BCUT2D eigenvalue weighted by Gasteiger charge is 2.03. The first kappa shape index (κ1) is 11.8. The van der Waals surface area contributed by atoms with E-state index in [0.717, 1.165) is 0 Å². The van der Waals surface area contributed by atoms with Crippen LogP contribution in [0.25, 0.3) is 0 Å². The minimum Gasteiger partial charge on any atom is -0.375 e. The van der Waals surface area contributed by atoms with Crippen LogP contribution in [0.2, 0.25) is 0 Å². The molecule has 12 heavy (non-hydrogen) atoms. The molecule has 0 saturated carbocycles. The molecule has 72 valence electrons. The zero-order valence-corrected chi connectivity index (χ0v) is 11.3. The zero-order chi connectivity index (χ0) is 9.56. The number of hydrogen-bond acceptors (Lipinski definition) is 1. The van der Waals surface area contributed by atoms with E-state index in [-0.39, 0.29) is 0 Å². The fraction of sp³-hybridized carbons (Fsp3) is 0.800. The molecule has 0 aromatic carbocycles. The highest BCUT2D eigenvalue weighted by Crippen LogP contribution is 2.08. The molecule has 0 aliphatic heterocycles. The Morgan fingerprint density at radius 2 is 1.50 bits per heavy atom. The molecule has 2 heteroatoms. The topological polar surface area (TPSA) is 3.24 Å². The van der Waals surface area contributed by atoms with E-state index in [2.05, 4.69) is 32.6 Å². The summed E-state index contributed by atoms with van der Waals surface area (Å²) in [6.45, 7) is 11.4. The Hall–Kier alpha value is -0.243. The van der Waals surface area contributed by atoms with Gasteiger partial charge in [0, 0.05) is 29.0 Å². The van der Waals surface area contributed by atoms with Crippen molar-refractivity contribution in [1.29, 1.82) is 0 Å². The van der Waals surface area contributed by atoms with Gasteiger partial charge in [-0.3, -0.25) is 0 Å². The Labute approximate surface area is 80.3 Å². The summed E-state index contributed by atoms with van der Waals surface area (Å²) in [5.74, 6) is 0. The predicted molar refractivity (Wildman–Crippen MR) is 60.5 cm³/mol. The van der Waals surface area contributed by atoms with Gasteiger partial charge in [0.15, 0.2) is 0 Å². The van der Waals surface area contributed by atoms with Crippen molar-refractivity contribution in [3.8, 4) is 0 Å². The van der Waals surface area contributed by atoms with Crippen LogP contribution in [0.1, 0.15) is 40.5 Å². The molecule has 0 heterocycles. The summed E-state index contributed by atoms with van der Waals surface area (Å²) in [5, 5.41) is 1.58. The molecule has 0 fully saturated rings. The van der Waals surface area contributed by atoms with Gasteiger partial charge in [-0.25, -0.2) is 0 Å². The normalized spacial score (nSPS) is 13.0. The molecule has 0 N–H and O–H groups in total. The molecule has 0 aliphatic carbocycles. The standard InChI is InChI=1S/C10H23NSi/c1-5-7-11(8-6-2)9(3)10(4)12/h5-8H2,1-4,12H3. The molecule has 0 aromatic heterocycles. The Morgan fingerprint density at radius 3 is 1.75 bits per heavy atom. The van der Waals surface area contributed by atoms with Crippen LogP contribution in [0.5, 0.6) is 0 Å². The van der Waals surface area contributed by atoms with E-state index in [9.17, 15) is 0 Å². The van der Waals surface area contributed by atoms with Gasteiger partial charge in [-0.05, 0) is 26.7 Å². The van der Waals surface area contributed by atoms with Crippen LogP contribution < -0.4 is 0 Å². The fourth-order valence-corrected chi connectivity index (χ4v) is 1.62. The van der Waals surface area contributed by atoms with Crippen LogP contribution in [0.4, 0.5) is 0 Å². The van der Waals surface area contributed by atoms with Gasteiger partial charge in [-0.2, -0.15) is 0 Å². The first-order valence-electron chi connectivity index (χ1n) is 5.02. The average Bonchev–Trinajstić information content (AvgIpc) is 2.03. The van der Waals surface area contributed by atoms with Gasteiger partial charge in [-0.1, -0.05) is 19.0 Å². The van der Waals surface area contributed by atoms with Gasteiger partial charge < -0.3 is 4.90 Å². The number of hydrogen-bond donors (Lipinski definition) is 0. The first-order valence-corrected chi connectivity index (χ1v) is 6.02. The van der Waals surface area contributed by atoms with E-state index in [4.69, 9.17) is 0 Å². The van der Waals surface area contributed by atoms with Crippen LogP contribution in [0, 0.1) is 0 Å². The van der Waals surface area contributed by atoms with Crippen molar-refractivity contribution in [2.45, 2.75) is 40.5 Å². The Balaban J connectivity index is 4.19. The summed E-state index contributed by atoms with van der Waals surface area (Å²) in [7, 11) is 1.20. The van der Waals surface area contributed by atoms with E-state index in [1.165, 1.54) is 41.9 Å². The van der Waals surface area contributed by atoms with Crippen LogP contribution >= 0.6 is 0 Å². The predicted octanol–water partition coefficient (Wildman–Crippen LogP) is 1.73. The molecule has 0 saturated heterocycles. The summed E-state index contributed by atoms with van der Waals surface area (Å²) in [6.07, 6.45) is 2.51. The van der Waals surface area contributed by atoms with Gasteiger partial charge in [0.05, 0.1) is 0 Å². The molecule has 0 unspecified atom stereocenters. The fourth-order valence-electron chi connectivity index (χ4n) is 1.30. The van der Waals surface area contributed by atoms with E-state index in [0.29, 0.717) is 0 Å². The lowest BCUT2D eigenvalue weighted by atomic mass is 10.3. The van der Waals surface area contributed by atoms with Crippen molar-refractivity contribution in [3.63, 3.8) is 0 Å². The third kappa shape index (κ3) is 3.95. The second-order valence-electron chi connectivity index (χ2n) is 3.57. The van der Waals surface area contributed by atoms with Gasteiger partial charge >= 0.3 is 0 Å². The largest absolute Gasteiger partial charge is 0.375 e. The van der Waals surface area contributed by atoms with E-state index < -0.39 is 0 Å². The maximum Gasteiger partial charge on any atom is 0.0351 e. The third-order valence-electron chi connectivity index (χ3n) is 2.18. The van der Waals surface area contributed by atoms with Gasteiger partial charge in [0.2, 0.25) is 0 Å². The van der Waals surface area contributed by atoms with Crippen LogP contribution in [0.15, 0.2) is 10.9 Å². The van der Waals surface area contributed by atoms with Crippen LogP contribution in [-0.2, 0) is 0 Å². The minimum atomic E-state index is 1.20. The molecule has 0 bridgehead atoms. The molecule has 0 amide bonds. The lowest BCUT2D eigenvalue weighted by Crippen LogP contribution is -2.24. The highest BCUT2D eigenvalue weighted by atomic mass is 28.1. The highest BCUT2D eigenvalue weighted by molar-refractivity contribution is 6.21. The van der Waals surface area contributed by atoms with Crippen LogP contribution in [0.3, 0.4) is 0 Å². The summed E-state index contributed by atoms with van der Waals surface area (Å²) in [5.41, 5.74) is 1.52. The van der Waals surface area contributed by atoms with Crippen LogP contribution in [-0.4, -0.2) is 28.2 Å². The summed E-state index contributed by atoms with van der Waals surface area (Å²) in [6, 6.07) is 0. The Morgan fingerprint density at radius 1 is 1.08 bits per heavy atom. The van der Waals surface area contributed by atoms with Crippen molar-refractivity contribution in [1.82, 2.24) is 4.90 Å². The maximum absolute atomic E-state index is 2.52. The zero-order valence-electron chi connectivity index (χ0n) is 9.28. The molecule has 0 aliphatic rings. The maximum atomic E-state index is 2.52. The first-order chi connectivity index (χ1) is 5.63. The van der Waals surface area contributed by atoms with Gasteiger partial charge in [-0.15, -0.1) is 0 Å². The minimum absolute atomic E-state index is 1.20. The molecule has 0 aromatic rings. The van der Waals surface area contributed by atoms with E-state index in [1.807, 2.05) is 0 Å². The third-order valence-corrected chi connectivity index (χ3v) is 2.91. The average molecular weight is 185 g/mol. The molecule has 0 spiro atoms. The van der Waals surface area contributed by atoms with Crippen molar-refractivity contribution in [3.05, 3.63) is 10.9 Å². The molecule has 0 rings (SSSR count). The number of nitrogens with zero attached hydrogens (tertiary/aromatic N) is 1. The Kier molecular flexibility index (Phi) is 6.16. The number of allylic oxidation sites excluding steroid dienone is 2. The lowest BCUT2D eigenvalue weighted by molar-refractivity contribution is 0.344. The van der Waals surface area contributed by atoms with Crippen molar-refractivity contribution in [2.24, 2.45) is 0 Å². The van der Waals surface area contributed by atoms with Crippen molar-refractivity contribution < 1.29 is 0 Å². The number of rotatable bonds is 5. The molecule has 0 atom stereocenters. The molecular weight excluding hydrogens is 162 g/mol. The monoisotopic (exact) mass is 185 g/mol. The summed E-state index contributed by atoms with van der Waals surface area (Å²) >= 11 is 0. The van der Waals surface area contributed by atoms with Crippen molar-refractivity contribution >= 4 is 10.2 Å². The molecular formula is C10H23NSi. The lowest BCUT2D eigenvalue weighted by Gasteiger charge is -2.25. The second kappa shape index (κ2) is 6.29. The van der Waals surface area contributed by atoms with Gasteiger partial charge in [0.25, 0.3) is 0 Å². The summed E-state index contributed by atoms with van der Waals surface area (Å²) < 4.78 is 0. The smallest absolute Gasteiger partial charge is 0.0351 e. The Bertz CT molecular complexity index is 142. The SMILES string of the molecule is CCCN(CCC)C(C)=C(C)[SiH3]. The van der Waals surface area contributed by atoms with Gasteiger partial charge in [0.1, 0.15) is 0 Å². The molecule has 1 nitrogen and oxygen atoms in total.